The van der Waals surface area contributed by atoms with Crippen LogP contribution in [0, 0.1) is 0 Å². The van der Waals surface area contributed by atoms with Gasteiger partial charge in [0.15, 0.2) is 0 Å². The Kier molecular flexibility index (Phi) is 4.25. The van der Waals surface area contributed by atoms with Crippen LogP contribution in [0.1, 0.15) is 30.4 Å². The number of fused-ring (bicyclic) bond motifs is 1. The minimum absolute atomic E-state index is 0.670. The quantitative estimate of drug-likeness (QED) is 0.567. The number of rotatable bonds is 3. The Bertz CT molecular complexity index is 768. The molecule has 0 saturated heterocycles. The third kappa shape index (κ3) is 2.60. The van der Waals surface area contributed by atoms with E-state index in [4.69, 9.17) is 0 Å². The molecule has 0 bridgehead atoms. The molecule has 0 radical (unpaired) electrons. The first-order valence-electron chi connectivity index (χ1n) is 8.89. The molecule has 3 aromatic rings. The lowest BCUT2D eigenvalue weighted by atomic mass is 9.94. The Morgan fingerprint density at radius 3 is 1.88 bits per heavy atom. The molecule has 0 N–H and O–H groups in total. The van der Waals surface area contributed by atoms with Crippen LogP contribution in [0.25, 0.3) is 0 Å². The fraction of sp³-hybridized carbons (Fsp3) is 0.217. The molecule has 0 fully saturated rings. The second-order valence-electron chi connectivity index (χ2n) is 6.78. The van der Waals surface area contributed by atoms with Crippen molar-refractivity contribution in [3.8, 4) is 0 Å². The molecule has 0 amide bonds. The molecule has 1 heteroatoms. The highest BCUT2D eigenvalue weighted by molar-refractivity contribution is 7.89. The van der Waals surface area contributed by atoms with Crippen molar-refractivity contribution in [1.29, 1.82) is 0 Å². The summed E-state index contributed by atoms with van der Waals surface area (Å²) in [5.74, 6) is 0.670. The topological polar surface area (TPSA) is 0 Å². The molecule has 1 aliphatic heterocycles. The Morgan fingerprint density at radius 1 is 0.750 bits per heavy atom. The summed E-state index contributed by atoms with van der Waals surface area (Å²) >= 11 is 0. The average molecular weight is 331 g/mol. The lowest BCUT2D eigenvalue weighted by Gasteiger charge is -2.36. The Morgan fingerprint density at radius 2 is 1.29 bits per heavy atom. The fourth-order valence-corrected chi connectivity index (χ4v) is 9.00. The maximum absolute atomic E-state index is 2.36. The monoisotopic (exact) mass is 331 g/mol. The van der Waals surface area contributed by atoms with Gasteiger partial charge in [0, 0.05) is 5.92 Å². The van der Waals surface area contributed by atoms with Gasteiger partial charge in [0.05, 0.1) is 30.2 Å². The average Bonchev–Trinajstić information content (AvgIpc) is 2.68. The van der Waals surface area contributed by atoms with Gasteiger partial charge in [-0.15, -0.1) is 0 Å². The van der Waals surface area contributed by atoms with Gasteiger partial charge in [0.2, 0.25) is 0 Å². The summed E-state index contributed by atoms with van der Waals surface area (Å²) in [4.78, 5) is 0. The third-order valence-corrected chi connectivity index (χ3v) is 9.98. The van der Waals surface area contributed by atoms with Crippen LogP contribution in [0.4, 0.5) is 0 Å². The minimum Gasteiger partial charge on any atom is -0.0647 e. The minimum atomic E-state index is -1.40. The van der Waals surface area contributed by atoms with E-state index in [1.54, 1.807) is 21.7 Å². The molecule has 1 heterocycles. The highest BCUT2D eigenvalue weighted by Gasteiger charge is 2.48. The summed E-state index contributed by atoms with van der Waals surface area (Å²) < 4.78 is 0. The molecular formula is C23H24P+. The molecule has 1 aliphatic rings. The Labute approximate surface area is 145 Å². The Balaban J connectivity index is 1.93. The molecule has 0 aromatic heterocycles. The summed E-state index contributed by atoms with van der Waals surface area (Å²) in [5, 5.41) is 3.12. The van der Waals surface area contributed by atoms with Crippen LogP contribution in [0.15, 0.2) is 84.9 Å². The first kappa shape index (κ1) is 15.6. The zero-order chi connectivity index (χ0) is 16.4. The number of benzene rings is 3. The first-order chi connectivity index (χ1) is 11.8. The summed E-state index contributed by atoms with van der Waals surface area (Å²) in [6, 6.07) is 31.7. The molecule has 1 unspecified atom stereocenters. The van der Waals surface area contributed by atoms with E-state index in [0.717, 1.165) is 0 Å². The van der Waals surface area contributed by atoms with Crippen molar-refractivity contribution in [1.82, 2.24) is 0 Å². The van der Waals surface area contributed by atoms with Gasteiger partial charge < -0.3 is 0 Å². The van der Waals surface area contributed by atoms with E-state index >= 15 is 0 Å². The maximum atomic E-state index is 2.36. The second kappa shape index (κ2) is 6.54. The zero-order valence-electron chi connectivity index (χ0n) is 14.2. The summed E-state index contributed by atoms with van der Waals surface area (Å²) in [7, 11) is -1.40. The largest absolute Gasteiger partial charge is 0.0995 e. The van der Waals surface area contributed by atoms with Gasteiger partial charge in [0.25, 0.3) is 0 Å². The van der Waals surface area contributed by atoms with Gasteiger partial charge in [-0.3, -0.25) is 0 Å². The lowest BCUT2D eigenvalue weighted by molar-refractivity contribution is 0.721. The molecular weight excluding hydrogens is 307 g/mol. The van der Waals surface area contributed by atoms with Crippen LogP contribution in [0.3, 0.4) is 0 Å². The lowest BCUT2D eigenvalue weighted by Crippen LogP contribution is -2.32. The number of hydrogen-bond acceptors (Lipinski definition) is 0. The van der Waals surface area contributed by atoms with Crippen LogP contribution < -0.4 is 10.6 Å². The highest BCUT2D eigenvalue weighted by atomic mass is 31.2. The van der Waals surface area contributed by atoms with E-state index in [2.05, 4.69) is 91.9 Å². The molecule has 0 saturated carbocycles. The molecule has 1 atom stereocenters. The maximum Gasteiger partial charge on any atom is 0.0995 e. The molecule has 0 aliphatic carbocycles. The second-order valence-corrected chi connectivity index (χ2v) is 10.4. The fourth-order valence-electron chi connectivity index (χ4n) is 4.22. The summed E-state index contributed by atoms with van der Waals surface area (Å²) in [5.41, 5.74) is 3.15. The van der Waals surface area contributed by atoms with Gasteiger partial charge in [-0.05, 0) is 41.8 Å². The van der Waals surface area contributed by atoms with Crippen molar-refractivity contribution in [2.45, 2.75) is 25.4 Å². The van der Waals surface area contributed by atoms with Crippen molar-refractivity contribution in [2.24, 2.45) is 0 Å². The van der Waals surface area contributed by atoms with E-state index in [0.29, 0.717) is 5.92 Å². The van der Waals surface area contributed by atoms with Gasteiger partial charge in [0.1, 0.15) is 0 Å². The summed E-state index contributed by atoms with van der Waals surface area (Å²) in [6.07, 6.45) is 3.72. The van der Waals surface area contributed by atoms with Crippen LogP contribution in [-0.2, 0) is 6.16 Å². The first-order valence-corrected chi connectivity index (χ1v) is 11.1. The van der Waals surface area contributed by atoms with Crippen LogP contribution in [0.2, 0.25) is 0 Å². The normalized spacial score (nSPS) is 18.8. The predicted molar refractivity (Wildman–Crippen MR) is 107 cm³/mol. The molecule has 3 aromatic carbocycles. The van der Waals surface area contributed by atoms with E-state index in [-0.39, 0.29) is 0 Å². The van der Waals surface area contributed by atoms with Crippen molar-refractivity contribution < 1.29 is 0 Å². The van der Waals surface area contributed by atoms with Crippen molar-refractivity contribution in [3.63, 3.8) is 0 Å². The SMILES string of the molecule is CCC1C[P+](c2ccccc2)(c2ccccc2)Cc2ccccc21. The van der Waals surface area contributed by atoms with E-state index in [9.17, 15) is 0 Å². The Hall–Kier alpha value is -1.91. The molecule has 0 spiro atoms. The van der Waals surface area contributed by atoms with Gasteiger partial charge in [-0.2, -0.15) is 0 Å². The summed E-state index contributed by atoms with van der Waals surface area (Å²) in [6.45, 7) is 2.34. The molecule has 0 nitrogen and oxygen atoms in total. The third-order valence-electron chi connectivity index (χ3n) is 5.46. The molecule has 4 rings (SSSR count). The van der Waals surface area contributed by atoms with Crippen LogP contribution >= 0.6 is 7.26 Å². The van der Waals surface area contributed by atoms with E-state index in [1.807, 2.05) is 0 Å². The van der Waals surface area contributed by atoms with Crippen LogP contribution in [0.5, 0.6) is 0 Å². The van der Waals surface area contributed by atoms with Crippen molar-refractivity contribution >= 4 is 17.9 Å². The predicted octanol–water partition coefficient (Wildman–Crippen LogP) is 5.36. The highest BCUT2D eigenvalue weighted by Crippen LogP contribution is 2.64. The van der Waals surface area contributed by atoms with Crippen molar-refractivity contribution in [3.05, 3.63) is 96.1 Å². The van der Waals surface area contributed by atoms with Gasteiger partial charge in [-0.1, -0.05) is 67.6 Å². The van der Waals surface area contributed by atoms with E-state index in [1.165, 1.54) is 18.7 Å². The van der Waals surface area contributed by atoms with Crippen molar-refractivity contribution in [2.75, 3.05) is 6.16 Å². The van der Waals surface area contributed by atoms with Gasteiger partial charge >= 0.3 is 0 Å². The zero-order valence-corrected chi connectivity index (χ0v) is 15.1. The smallest absolute Gasteiger partial charge is 0.0647 e. The molecule has 120 valence electrons. The standard InChI is InChI=1S/C23H24P/c1-2-19-17-24(21-12-5-3-6-13-21,22-14-7-4-8-15-22)18-20-11-9-10-16-23(19)20/h3-16,19H,2,17-18H2,1H3/q+1. The molecule has 24 heavy (non-hydrogen) atoms. The van der Waals surface area contributed by atoms with E-state index < -0.39 is 7.26 Å². The number of hydrogen-bond donors (Lipinski definition) is 0. The van der Waals surface area contributed by atoms with Crippen LogP contribution in [-0.4, -0.2) is 6.16 Å². The van der Waals surface area contributed by atoms with Gasteiger partial charge in [-0.25, -0.2) is 0 Å².